The summed E-state index contributed by atoms with van der Waals surface area (Å²) in [7, 11) is -3.16. The quantitative estimate of drug-likeness (QED) is 0.720. The Morgan fingerprint density at radius 3 is 2.56 bits per heavy atom. The highest BCUT2D eigenvalue weighted by Gasteiger charge is 2.28. The van der Waals surface area contributed by atoms with E-state index < -0.39 is 9.84 Å². The zero-order chi connectivity index (χ0) is 19.3. The van der Waals surface area contributed by atoms with Crippen molar-refractivity contribution in [2.75, 3.05) is 30.3 Å². The van der Waals surface area contributed by atoms with E-state index in [0.717, 1.165) is 43.5 Å². The molecule has 0 bridgehead atoms. The minimum atomic E-state index is -3.16. The second kappa shape index (κ2) is 8.73. The molecule has 1 aromatic carbocycles. The molecule has 7 nitrogen and oxygen atoms in total. The number of carbonyl (C=O) groups is 2. The van der Waals surface area contributed by atoms with Gasteiger partial charge in [-0.3, -0.25) is 9.59 Å². The highest BCUT2D eigenvalue weighted by molar-refractivity contribution is 7.92. The van der Waals surface area contributed by atoms with Gasteiger partial charge in [-0.2, -0.15) is 0 Å². The molecule has 1 aliphatic carbocycles. The Kier molecular flexibility index (Phi) is 6.36. The molecular formula is C19H27N3O4S. The molecule has 2 amide bonds. The van der Waals surface area contributed by atoms with Crippen LogP contribution in [-0.2, 0) is 26.0 Å². The van der Waals surface area contributed by atoms with Crippen molar-refractivity contribution >= 4 is 27.3 Å². The zero-order valence-corrected chi connectivity index (χ0v) is 16.3. The van der Waals surface area contributed by atoms with E-state index in [1.807, 2.05) is 29.2 Å². The number of piperazine rings is 1. The molecule has 2 fully saturated rings. The SMILES string of the molecule is O=C(CCS(=O)(=O)C1CCCC1)NCc1ccc(N2CCNC(=O)C2)cc1. The lowest BCUT2D eigenvalue weighted by Crippen LogP contribution is -2.47. The molecule has 3 rings (SSSR count). The second-order valence-electron chi connectivity index (χ2n) is 7.24. The van der Waals surface area contributed by atoms with Crippen molar-refractivity contribution in [3.8, 4) is 0 Å². The normalized spacial score (nSPS) is 18.4. The zero-order valence-electron chi connectivity index (χ0n) is 15.4. The van der Waals surface area contributed by atoms with E-state index in [9.17, 15) is 18.0 Å². The predicted molar refractivity (Wildman–Crippen MR) is 104 cm³/mol. The molecule has 0 unspecified atom stereocenters. The first-order chi connectivity index (χ1) is 12.9. The number of sulfone groups is 1. The van der Waals surface area contributed by atoms with E-state index in [1.54, 1.807) is 0 Å². The summed E-state index contributed by atoms with van der Waals surface area (Å²) in [5.74, 6) is -0.294. The summed E-state index contributed by atoms with van der Waals surface area (Å²) in [4.78, 5) is 25.5. The number of benzene rings is 1. The molecule has 1 saturated carbocycles. The van der Waals surface area contributed by atoms with Gasteiger partial charge in [0.2, 0.25) is 11.8 Å². The van der Waals surface area contributed by atoms with Crippen molar-refractivity contribution < 1.29 is 18.0 Å². The number of nitrogens with one attached hydrogen (secondary N) is 2. The molecule has 1 saturated heterocycles. The van der Waals surface area contributed by atoms with Crippen LogP contribution in [-0.4, -0.2) is 50.9 Å². The molecule has 0 spiro atoms. The van der Waals surface area contributed by atoms with Crippen LogP contribution < -0.4 is 15.5 Å². The van der Waals surface area contributed by atoms with E-state index in [-0.39, 0.29) is 29.2 Å². The number of hydrogen-bond donors (Lipinski definition) is 2. The van der Waals surface area contributed by atoms with Gasteiger partial charge in [0, 0.05) is 31.7 Å². The van der Waals surface area contributed by atoms with Gasteiger partial charge in [-0.15, -0.1) is 0 Å². The smallest absolute Gasteiger partial charge is 0.239 e. The first-order valence-electron chi connectivity index (χ1n) is 9.53. The molecule has 27 heavy (non-hydrogen) atoms. The summed E-state index contributed by atoms with van der Waals surface area (Å²) in [6.07, 6.45) is 3.41. The van der Waals surface area contributed by atoms with E-state index in [2.05, 4.69) is 10.6 Å². The number of rotatable bonds is 7. The number of carbonyl (C=O) groups excluding carboxylic acids is 2. The summed E-state index contributed by atoms with van der Waals surface area (Å²) in [5.41, 5.74) is 1.91. The molecule has 2 N–H and O–H groups in total. The van der Waals surface area contributed by atoms with Gasteiger partial charge in [-0.05, 0) is 30.5 Å². The molecule has 0 aromatic heterocycles. The van der Waals surface area contributed by atoms with Crippen molar-refractivity contribution in [2.24, 2.45) is 0 Å². The Bertz CT molecular complexity index is 771. The first-order valence-corrected chi connectivity index (χ1v) is 11.2. The van der Waals surface area contributed by atoms with Crippen LogP contribution in [0.1, 0.15) is 37.7 Å². The Morgan fingerprint density at radius 1 is 1.19 bits per heavy atom. The molecule has 1 heterocycles. The van der Waals surface area contributed by atoms with Crippen LogP contribution in [0.5, 0.6) is 0 Å². The highest BCUT2D eigenvalue weighted by atomic mass is 32.2. The average Bonchev–Trinajstić information content (AvgIpc) is 3.21. The standard InChI is InChI=1S/C19H27N3O4S/c23-18(9-12-27(25,26)17-3-1-2-4-17)21-13-15-5-7-16(8-6-15)22-11-10-20-19(24)14-22/h5-8,17H,1-4,9-14H2,(H,20,24)(H,21,23). The Hall–Kier alpha value is -2.09. The molecule has 148 valence electrons. The number of nitrogens with zero attached hydrogens (tertiary/aromatic N) is 1. The monoisotopic (exact) mass is 393 g/mol. The van der Waals surface area contributed by atoms with Gasteiger partial charge in [0.05, 0.1) is 17.5 Å². The maximum atomic E-state index is 12.2. The minimum absolute atomic E-state index is 0.0137. The molecule has 1 aromatic rings. The van der Waals surface area contributed by atoms with Crippen LogP contribution in [0.15, 0.2) is 24.3 Å². The number of anilines is 1. The van der Waals surface area contributed by atoms with E-state index >= 15 is 0 Å². The van der Waals surface area contributed by atoms with Crippen LogP contribution in [0.25, 0.3) is 0 Å². The third-order valence-corrected chi connectivity index (χ3v) is 7.51. The van der Waals surface area contributed by atoms with Gasteiger partial charge in [0.1, 0.15) is 0 Å². The molecule has 8 heteroatoms. The van der Waals surface area contributed by atoms with Gasteiger partial charge in [0.15, 0.2) is 9.84 Å². The fourth-order valence-electron chi connectivity index (χ4n) is 3.62. The third-order valence-electron chi connectivity index (χ3n) is 5.25. The van der Waals surface area contributed by atoms with E-state index in [0.29, 0.717) is 19.6 Å². The molecule has 0 atom stereocenters. The maximum Gasteiger partial charge on any atom is 0.239 e. The van der Waals surface area contributed by atoms with Crippen molar-refractivity contribution in [1.82, 2.24) is 10.6 Å². The lowest BCUT2D eigenvalue weighted by atomic mass is 10.2. The largest absolute Gasteiger partial charge is 0.360 e. The van der Waals surface area contributed by atoms with Gasteiger partial charge in [-0.25, -0.2) is 8.42 Å². The lowest BCUT2D eigenvalue weighted by molar-refractivity contribution is -0.121. The fourth-order valence-corrected chi connectivity index (χ4v) is 5.48. The second-order valence-corrected chi connectivity index (χ2v) is 9.64. The van der Waals surface area contributed by atoms with Crippen LogP contribution >= 0.6 is 0 Å². The lowest BCUT2D eigenvalue weighted by Gasteiger charge is -2.28. The first kappa shape index (κ1) is 19.7. The number of hydrogen-bond acceptors (Lipinski definition) is 5. The Labute approximate surface area is 160 Å². The molecule has 1 aliphatic heterocycles. The maximum absolute atomic E-state index is 12.2. The van der Waals surface area contributed by atoms with Gasteiger partial charge in [0.25, 0.3) is 0 Å². The molecule has 2 aliphatic rings. The van der Waals surface area contributed by atoms with Crippen LogP contribution in [0.2, 0.25) is 0 Å². The van der Waals surface area contributed by atoms with E-state index in [4.69, 9.17) is 0 Å². The average molecular weight is 394 g/mol. The third kappa shape index (κ3) is 5.45. The topological polar surface area (TPSA) is 95.6 Å². The number of amides is 2. The summed E-state index contributed by atoms with van der Waals surface area (Å²) >= 11 is 0. The molecular weight excluding hydrogens is 366 g/mol. The van der Waals surface area contributed by atoms with Crippen LogP contribution in [0, 0.1) is 0 Å². The summed E-state index contributed by atoms with van der Waals surface area (Å²) in [5, 5.41) is 5.33. The predicted octanol–water partition coefficient (Wildman–Crippen LogP) is 0.987. The summed E-state index contributed by atoms with van der Waals surface area (Å²) in [6.45, 7) is 2.13. The molecule has 0 radical (unpaired) electrons. The fraction of sp³-hybridized carbons (Fsp3) is 0.579. The van der Waals surface area contributed by atoms with Gasteiger partial charge < -0.3 is 15.5 Å². The summed E-state index contributed by atoms with van der Waals surface area (Å²) in [6, 6.07) is 7.70. The van der Waals surface area contributed by atoms with Crippen molar-refractivity contribution in [1.29, 1.82) is 0 Å². The Morgan fingerprint density at radius 2 is 1.89 bits per heavy atom. The van der Waals surface area contributed by atoms with E-state index in [1.165, 1.54) is 0 Å². The van der Waals surface area contributed by atoms with Gasteiger partial charge in [-0.1, -0.05) is 25.0 Å². The Balaban J connectivity index is 1.44. The van der Waals surface area contributed by atoms with Crippen LogP contribution in [0.4, 0.5) is 5.69 Å². The minimum Gasteiger partial charge on any atom is -0.360 e. The van der Waals surface area contributed by atoms with Crippen molar-refractivity contribution in [3.63, 3.8) is 0 Å². The van der Waals surface area contributed by atoms with Crippen molar-refractivity contribution in [2.45, 2.75) is 43.9 Å². The van der Waals surface area contributed by atoms with Crippen molar-refractivity contribution in [3.05, 3.63) is 29.8 Å². The highest BCUT2D eigenvalue weighted by Crippen LogP contribution is 2.25. The van der Waals surface area contributed by atoms with Gasteiger partial charge >= 0.3 is 0 Å². The summed E-state index contributed by atoms with van der Waals surface area (Å²) < 4.78 is 24.4. The van der Waals surface area contributed by atoms with Crippen LogP contribution in [0.3, 0.4) is 0 Å².